The Morgan fingerprint density at radius 3 is 2.04 bits per heavy atom. The molecule has 0 saturated heterocycles. The van der Waals surface area contributed by atoms with Crippen LogP contribution in [0, 0.1) is 0 Å². The first kappa shape index (κ1) is 18.2. The van der Waals surface area contributed by atoms with Gasteiger partial charge in [0.15, 0.2) is 0 Å². The minimum atomic E-state index is 0.325. The minimum Gasteiger partial charge on any atom is -0.489 e. The minimum absolute atomic E-state index is 0.325. The molecule has 0 fully saturated rings. The Balaban J connectivity index is 1.61. The van der Waals surface area contributed by atoms with Crippen LogP contribution in [0.15, 0.2) is 78.9 Å². The molecule has 0 bridgehead atoms. The van der Waals surface area contributed by atoms with Crippen LogP contribution in [-0.2, 0) is 19.4 Å². The second kappa shape index (κ2) is 9.21. The lowest BCUT2D eigenvalue weighted by Gasteiger charge is -2.16. The third kappa shape index (κ3) is 4.96. The van der Waals surface area contributed by atoms with Gasteiger partial charge in [0.25, 0.3) is 0 Å². The van der Waals surface area contributed by atoms with Crippen LogP contribution in [0.1, 0.15) is 35.1 Å². The molecular weight excluding hydrogens is 318 g/mol. The molecule has 3 rings (SSSR count). The van der Waals surface area contributed by atoms with Crippen LogP contribution in [0.25, 0.3) is 0 Å². The molecule has 134 valence electrons. The highest BCUT2D eigenvalue weighted by molar-refractivity contribution is 5.32. The van der Waals surface area contributed by atoms with Crippen LogP contribution < -0.4 is 10.5 Å². The molecule has 2 heteroatoms. The molecule has 0 aliphatic rings. The van der Waals surface area contributed by atoms with Crippen molar-refractivity contribution in [1.29, 1.82) is 0 Å². The first-order chi connectivity index (χ1) is 12.8. The van der Waals surface area contributed by atoms with Crippen molar-refractivity contribution in [2.24, 2.45) is 5.73 Å². The maximum absolute atomic E-state index is 6.05. The summed E-state index contributed by atoms with van der Waals surface area (Å²) in [5, 5.41) is 0. The fourth-order valence-electron chi connectivity index (χ4n) is 3.11. The van der Waals surface area contributed by atoms with Crippen molar-refractivity contribution in [2.45, 2.75) is 32.3 Å². The zero-order chi connectivity index (χ0) is 18.2. The van der Waals surface area contributed by atoms with Gasteiger partial charge in [0.1, 0.15) is 12.4 Å². The number of rotatable bonds is 8. The number of hydrogen-bond acceptors (Lipinski definition) is 2. The Bertz CT molecular complexity index is 779. The summed E-state index contributed by atoms with van der Waals surface area (Å²) in [6.45, 7) is 3.41. The van der Waals surface area contributed by atoms with E-state index in [1.807, 2.05) is 30.3 Å². The summed E-state index contributed by atoms with van der Waals surface area (Å²) in [6, 6.07) is 27.4. The molecule has 2 N–H and O–H groups in total. The van der Waals surface area contributed by atoms with Crippen LogP contribution in [0.5, 0.6) is 5.75 Å². The highest BCUT2D eigenvalue weighted by Crippen LogP contribution is 2.23. The molecule has 0 radical (unpaired) electrons. The second-order valence-electron chi connectivity index (χ2n) is 6.65. The van der Waals surface area contributed by atoms with Crippen LogP contribution in [-0.4, -0.2) is 6.54 Å². The van der Waals surface area contributed by atoms with Gasteiger partial charge in [0.2, 0.25) is 0 Å². The van der Waals surface area contributed by atoms with Crippen molar-refractivity contribution in [3.8, 4) is 5.75 Å². The van der Waals surface area contributed by atoms with Crippen molar-refractivity contribution in [3.05, 3.63) is 101 Å². The third-order valence-corrected chi connectivity index (χ3v) is 4.80. The smallest absolute Gasteiger partial charge is 0.119 e. The van der Waals surface area contributed by atoms with E-state index in [0.717, 1.165) is 18.6 Å². The van der Waals surface area contributed by atoms with Gasteiger partial charge in [-0.15, -0.1) is 0 Å². The van der Waals surface area contributed by atoms with Gasteiger partial charge < -0.3 is 10.5 Å². The predicted octanol–water partition coefficient (Wildman–Crippen LogP) is 5.11. The Kier molecular flexibility index (Phi) is 6.45. The molecule has 3 aromatic carbocycles. The van der Waals surface area contributed by atoms with Gasteiger partial charge in [0, 0.05) is 5.92 Å². The van der Waals surface area contributed by atoms with E-state index >= 15 is 0 Å². The quantitative estimate of drug-likeness (QED) is 0.615. The van der Waals surface area contributed by atoms with Crippen LogP contribution in [0.3, 0.4) is 0 Å². The summed E-state index contributed by atoms with van der Waals surface area (Å²) in [6.07, 6.45) is 2.04. The van der Waals surface area contributed by atoms with Crippen LogP contribution in [0.2, 0.25) is 0 Å². The van der Waals surface area contributed by atoms with Crippen molar-refractivity contribution in [3.63, 3.8) is 0 Å². The molecule has 0 saturated carbocycles. The van der Waals surface area contributed by atoms with E-state index in [9.17, 15) is 0 Å². The maximum atomic E-state index is 6.05. The van der Waals surface area contributed by atoms with Gasteiger partial charge in [-0.2, -0.15) is 0 Å². The number of nitrogens with two attached hydrogens (primary N) is 1. The average Bonchev–Trinajstić information content (AvgIpc) is 2.72. The molecule has 0 amide bonds. The molecule has 2 nitrogen and oxygen atoms in total. The Labute approximate surface area is 156 Å². The SMILES string of the molecule is CCc1ccc(CC(CN)c2ccc(OCc3ccccc3)cc2)cc1. The number of hydrogen-bond donors (Lipinski definition) is 1. The zero-order valence-electron chi connectivity index (χ0n) is 15.4. The number of benzene rings is 3. The lowest BCUT2D eigenvalue weighted by atomic mass is 9.91. The normalized spacial score (nSPS) is 11.9. The summed E-state index contributed by atoms with van der Waals surface area (Å²) in [7, 11) is 0. The molecule has 26 heavy (non-hydrogen) atoms. The Morgan fingerprint density at radius 1 is 0.769 bits per heavy atom. The average molecular weight is 345 g/mol. The highest BCUT2D eigenvalue weighted by atomic mass is 16.5. The molecular formula is C24H27NO. The monoisotopic (exact) mass is 345 g/mol. The topological polar surface area (TPSA) is 35.2 Å². The maximum Gasteiger partial charge on any atom is 0.119 e. The van der Waals surface area contributed by atoms with E-state index in [1.54, 1.807) is 0 Å². The lowest BCUT2D eigenvalue weighted by Crippen LogP contribution is -2.15. The van der Waals surface area contributed by atoms with Crippen molar-refractivity contribution >= 4 is 0 Å². The summed E-state index contributed by atoms with van der Waals surface area (Å²) in [5.41, 5.74) is 11.2. The molecule has 0 aromatic heterocycles. The van der Waals surface area contributed by atoms with E-state index < -0.39 is 0 Å². The van der Waals surface area contributed by atoms with E-state index in [0.29, 0.717) is 19.1 Å². The number of aryl methyl sites for hydroxylation is 1. The first-order valence-corrected chi connectivity index (χ1v) is 9.33. The summed E-state index contributed by atoms with van der Waals surface area (Å²) < 4.78 is 5.87. The molecule has 0 aliphatic carbocycles. The van der Waals surface area contributed by atoms with Crippen molar-refractivity contribution < 1.29 is 4.74 Å². The molecule has 1 atom stereocenters. The predicted molar refractivity (Wildman–Crippen MR) is 109 cm³/mol. The Morgan fingerprint density at radius 2 is 1.42 bits per heavy atom. The van der Waals surface area contributed by atoms with Gasteiger partial charge in [-0.05, 0) is 53.8 Å². The van der Waals surface area contributed by atoms with Crippen LogP contribution >= 0.6 is 0 Å². The van der Waals surface area contributed by atoms with E-state index in [2.05, 4.69) is 55.5 Å². The molecule has 1 unspecified atom stereocenters. The largest absolute Gasteiger partial charge is 0.489 e. The molecule has 0 heterocycles. The molecule has 0 aliphatic heterocycles. The van der Waals surface area contributed by atoms with Gasteiger partial charge >= 0.3 is 0 Å². The van der Waals surface area contributed by atoms with E-state index in [-0.39, 0.29) is 0 Å². The standard InChI is InChI=1S/C24H27NO/c1-2-19-8-10-20(11-9-19)16-23(17-25)22-12-14-24(15-13-22)26-18-21-6-4-3-5-7-21/h3-15,23H,2,16-18,25H2,1H3. The van der Waals surface area contributed by atoms with Gasteiger partial charge in [0.05, 0.1) is 0 Å². The lowest BCUT2D eigenvalue weighted by molar-refractivity contribution is 0.306. The first-order valence-electron chi connectivity index (χ1n) is 9.33. The van der Waals surface area contributed by atoms with Gasteiger partial charge in [-0.1, -0.05) is 73.7 Å². The van der Waals surface area contributed by atoms with Crippen molar-refractivity contribution in [2.75, 3.05) is 6.54 Å². The second-order valence-corrected chi connectivity index (χ2v) is 6.65. The molecule has 0 spiro atoms. The summed E-state index contributed by atoms with van der Waals surface area (Å²) >= 11 is 0. The van der Waals surface area contributed by atoms with Gasteiger partial charge in [-0.25, -0.2) is 0 Å². The molecule has 3 aromatic rings. The van der Waals surface area contributed by atoms with Gasteiger partial charge in [-0.3, -0.25) is 0 Å². The zero-order valence-corrected chi connectivity index (χ0v) is 15.4. The highest BCUT2D eigenvalue weighted by Gasteiger charge is 2.11. The number of ether oxygens (including phenoxy) is 1. The third-order valence-electron chi connectivity index (χ3n) is 4.80. The Hall–Kier alpha value is -2.58. The summed E-state index contributed by atoms with van der Waals surface area (Å²) in [5.74, 6) is 1.21. The van der Waals surface area contributed by atoms with Crippen LogP contribution in [0.4, 0.5) is 0 Å². The van der Waals surface area contributed by atoms with E-state index in [4.69, 9.17) is 10.5 Å². The van der Waals surface area contributed by atoms with E-state index in [1.165, 1.54) is 22.3 Å². The summed E-state index contributed by atoms with van der Waals surface area (Å²) in [4.78, 5) is 0. The fourth-order valence-corrected chi connectivity index (χ4v) is 3.11. The van der Waals surface area contributed by atoms with Crippen molar-refractivity contribution in [1.82, 2.24) is 0 Å². The fraction of sp³-hybridized carbons (Fsp3) is 0.250.